The average molecular weight is 316 g/mol. The van der Waals surface area contributed by atoms with Crippen molar-refractivity contribution in [1.29, 1.82) is 0 Å². The molecule has 0 spiro atoms. The van der Waals surface area contributed by atoms with Crippen molar-refractivity contribution in [3.05, 3.63) is 6.61 Å². The molecular weight excluding hydrogens is 286 g/mol. The Morgan fingerprint density at radius 2 is 2.05 bits per heavy atom. The molecule has 1 radical (unpaired) electrons. The molecule has 5 atom stereocenters. The number of nitrogens with two attached hydrogens (primary N) is 1. The zero-order valence-corrected chi connectivity index (χ0v) is 13.6. The first-order chi connectivity index (χ1) is 10.4. The molecule has 1 fully saturated rings. The summed E-state index contributed by atoms with van der Waals surface area (Å²) in [7, 11) is 0. The van der Waals surface area contributed by atoms with Crippen molar-refractivity contribution < 1.29 is 24.9 Å². The predicted molar refractivity (Wildman–Crippen MR) is 82.7 cm³/mol. The third kappa shape index (κ3) is 4.73. The number of hydrogen-bond donors (Lipinski definition) is 4. The molecule has 6 heteroatoms. The second-order valence-corrected chi connectivity index (χ2v) is 6.43. The van der Waals surface area contributed by atoms with E-state index < -0.39 is 30.5 Å². The third-order valence-corrected chi connectivity index (χ3v) is 4.38. The Hall–Kier alpha value is -0.530. The topological polar surface area (TPSA) is 113 Å². The second-order valence-electron chi connectivity index (χ2n) is 6.43. The fourth-order valence-corrected chi connectivity index (χ4v) is 2.73. The molecule has 0 aromatic heterocycles. The molecule has 1 heterocycles. The van der Waals surface area contributed by atoms with Gasteiger partial charge in [-0.1, -0.05) is 46.0 Å². The van der Waals surface area contributed by atoms with E-state index >= 15 is 0 Å². The minimum Gasteiger partial charge on any atom is -0.394 e. The fourth-order valence-electron chi connectivity index (χ4n) is 2.73. The van der Waals surface area contributed by atoms with Crippen LogP contribution in [0, 0.1) is 12.5 Å². The fraction of sp³-hybridized carbons (Fsp3) is 0.875. The molecule has 22 heavy (non-hydrogen) atoms. The van der Waals surface area contributed by atoms with Gasteiger partial charge < -0.3 is 25.8 Å². The van der Waals surface area contributed by atoms with Gasteiger partial charge in [0.05, 0.1) is 6.61 Å². The van der Waals surface area contributed by atoms with E-state index in [0.717, 1.165) is 25.9 Å². The van der Waals surface area contributed by atoms with Crippen LogP contribution in [0.25, 0.3) is 0 Å². The Morgan fingerprint density at radius 3 is 2.64 bits per heavy atom. The first-order valence-electron chi connectivity index (χ1n) is 8.15. The lowest BCUT2D eigenvalue weighted by Crippen LogP contribution is -2.68. The van der Waals surface area contributed by atoms with Gasteiger partial charge in [-0.3, -0.25) is 4.79 Å². The highest BCUT2D eigenvalue weighted by atomic mass is 16.5. The van der Waals surface area contributed by atoms with Gasteiger partial charge in [-0.2, -0.15) is 0 Å². The molecule has 6 nitrogen and oxygen atoms in total. The molecule has 1 saturated heterocycles. The Balaban J connectivity index is 2.52. The van der Waals surface area contributed by atoms with Gasteiger partial charge in [-0.05, 0) is 5.92 Å². The van der Waals surface area contributed by atoms with Gasteiger partial charge >= 0.3 is 0 Å². The summed E-state index contributed by atoms with van der Waals surface area (Å²) in [5.74, 6) is -0.184. The lowest BCUT2D eigenvalue weighted by molar-refractivity contribution is -0.168. The molecule has 0 amide bonds. The SMILES string of the molecule is CCCCCCC(C)CC(=O)[C@]1(N)[CH]O[C@H](CO)[C@@H](O)[C@@H]1O. The number of hydrogen-bond acceptors (Lipinski definition) is 6. The lowest BCUT2D eigenvalue weighted by atomic mass is 9.79. The maximum Gasteiger partial charge on any atom is 0.158 e. The molecule has 0 saturated carbocycles. The van der Waals surface area contributed by atoms with Crippen LogP contribution in [0.3, 0.4) is 0 Å². The number of aliphatic hydroxyl groups is 3. The number of carbonyl (C=O) groups is 1. The maximum atomic E-state index is 12.4. The molecule has 0 bridgehead atoms. The van der Waals surface area contributed by atoms with Gasteiger partial charge in [0.15, 0.2) is 5.78 Å². The predicted octanol–water partition coefficient (Wildman–Crippen LogP) is 0.524. The molecule has 1 rings (SSSR count). The van der Waals surface area contributed by atoms with E-state index in [-0.39, 0.29) is 18.1 Å². The van der Waals surface area contributed by atoms with Crippen molar-refractivity contribution in [3.8, 4) is 0 Å². The highest BCUT2D eigenvalue weighted by Crippen LogP contribution is 2.29. The summed E-state index contributed by atoms with van der Waals surface area (Å²) < 4.78 is 5.11. The Bertz CT molecular complexity index is 351. The Kier molecular flexibility index (Phi) is 7.93. The first kappa shape index (κ1) is 19.5. The van der Waals surface area contributed by atoms with Gasteiger partial charge in [0.1, 0.15) is 30.5 Å². The monoisotopic (exact) mass is 316 g/mol. The highest BCUT2D eigenvalue weighted by molar-refractivity contribution is 5.90. The molecule has 0 aromatic carbocycles. The summed E-state index contributed by atoms with van der Waals surface area (Å²) in [6, 6.07) is 0. The lowest BCUT2D eigenvalue weighted by Gasteiger charge is -2.42. The standard InChI is InChI=1S/C16H30NO5/c1-3-4-5-6-7-11(2)8-13(19)16(17)10-22-12(9-18)14(20)15(16)21/h10-12,14-15,18,20-21H,3-9,17H2,1-2H3/t11?,12-,14-,15+,16-/m1/s1. The quantitative estimate of drug-likeness (QED) is 0.461. The van der Waals surface area contributed by atoms with E-state index in [9.17, 15) is 15.0 Å². The van der Waals surface area contributed by atoms with Crippen molar-refractivity contribution in [2.45, 2.75) is 76.2 Å². The number of ether oxygens (including phenoxy) is 1. The van der Waals surface area contributed by atoms with Crippen LogP contribution in [0.2, 0.25) is 0 Å². The first-order valence-corrected chi connectivity index (χ1v) is 8.15. The van der Waals surface area contributed by atoms with E-state index in [1.807, 2.05) is 6.92 Å². The maximum absolute atomic E-state index is 12.4. The summed E-state index contributed by atoms with van der Waals surface area (Å²) >= 11 is 0. The normalized spacial score (nSPS) is 33.6. The zero-order valence-electron chi connectivity index (χ0n) is 13.6. The molecule has 1 aliphatic heterocycles. The van der Waals surface area contributed by atoms with Crippen molar-refractivity contribution in [1.82, 2.24) is 0 Å². The third-order valence-electron chi connectivity index (χ3n) is 4.38. The number of aliphatic hydroxyl groups excluding tert-OH is 3. The summed E-state index contributed by atoms with van der Waals surface area (Å²) in [4.78, 5) is 12.4. The molecule has 1 unspecified atom stereocenters. The Labute approximate surface area is 132 Å². The van der Waals surface area contributed by atoms with E-state index in [0.29, 0.717) is 0 Å². The summed E-state index contributed by atoms with van der Waals surface area (Å²) in [6.07, 6.45) is 1.93. The van der Waals surface area contributed by atoms with Crippen molar-refractivity contribution >= 4 is 5.78 Å². The van der Waals surface area contributed by atoms with Crippen LogP contribution < -0.4 is 5.73 Å². The van der Waals surface area contributed by atoms with Crippen molar-refractivity contribution in [2.24, 2.45) is 11.7 Å². The largest absolute Gasteiger partial charge is 0.394 e. The number of carbonyl (C=O) groups excluding carboxylic acids is 1. The molecule has 5 N–H and O–H groups in total. The van der Waals surface area contributed by atoms with Gasteiger partial charge in [-0.15, -0.1) is 0 Å². The van der Waals surface area contributed by atoms with E-state index in [4.69, 9.17) is 15.6 Å². The number of unbranched alkanes of at least 4 members (excludes halogenated alkanes) is 3. The molecule has 1 aliphatic rings. The second kappa shape index (κ2) is 8.93. The van der Waals surface area contributed by atoms with Crippen LogP contribution in [0.1, 0.15) is 52.4 Å². The number of rotatable bonds is 9. The minimum absolute atomic E-state index is 0.165. The number of ketones is 1. The van der Waals surface area contributed by atoms with Crippen LogP contribution in [-0.4, -0.2) is 51.6 Å². The smallest absolute Gasteiger partial charge is 0.158 e. The van der Waals surface area contributed by atoms with Crippen LogP contribution >= 0.6 is 0 Å². The van der Waals surface area contributed by atoms with Gasteiger partial charge in [-0.25, -0.2) is 0 Å². The summed E-state index contributed by atoms with van der Waals surface area (Å²) in [5, 5.41) is 29.0. The summed E-state index contributed by atoms with van der Waals surface area (Å²) in [5.41, 5.74) is 4.24. The Morgan fingerprint density at radius 1 is 1.36 bits per heavy atom. The van der Waals surface area contributed by atoms with E-state index in [1.165, 1.54) is 12.8 Å². The van der Waals surface area contributed by atoms with Crippen LogP contribution in [-0.2, 0) is 9.53 Å². The van der Waals surface area contributed by atoms with Crippen LogP contribution in [0.4, 0.5) is 0 Å². The van der Waals surface area contributed by atoms with Crippen LogP contribution in [0.15, 0.2) is 0 Å². The zero-order chi connectivity index (χ0) is 16.8. The van der Waals surface area contributed by atoms with Crippen molar-refractivity contribution in [3.63, 3.8) is 0 Å². The average Bonchev–Trinajstić information content (AvgIpc) is 2.49. The van der Waals surface area contributed by atoms with Gasteiger partial charge in [0.25, 0.3) is 0 Å². The molecular formula is C16H30NO5. The highest BCUT2D eigenvalue weighted by Gasteiger charge is 2.51. The minimum atomic E-state index is -1.72. The van der Waals surface area contributed by atoms with E-state index in [2.05, 4.69) is 6.92 Å². The van der Waals surface area contributed by atoms with E-state index in [1.54, 1.807) is 0 Å². The molecule has 129 valence electrons. The van der Waals surface area contributed by atoms with Gasteiger partial charge in [0.2, 0.25) is 0 Å². The van der Waals surface area contributed by atoms with Crippen LogP contribution in [0.5, 0.6) is 0 Å². The summed E-state index contributed by atoms with van der Waals surface area (Å²) in [6.45, 7) is 4.75. The van der Waals surface area contributed by atoms with Crippen molar-refractivity contribution in [2.75, 3.05) is 6.61 Å². The molecule has 0 aliphatic carbocycles. The van der Waals surface area contributed by atoms with Gasteiger partial charge in [0, 0.05) is 6.42 Å². The molecule has 0 aromatic rings. The number of Topliss-reactive ketones (excluding diaryl/α,β-unsaturated/α-hetero) is 1.